The van der Waals surface area contributed by atoms with Crippen molar-refractivity contribution in [3.05, 3.63) is 23.3 Å². The molecule has 196 valence electrons. The van der Waals surface area contributed by atoms with Gasteiger partial charge in [-0.3, -0.25) is 4.79 Å². The third-order valence-corrected chi connectivity index (χ3v) is 12.3. The molecule has 35 heavy (non-hydrogen) atoms. The lowest BCUT2D eigenvalue weighted by molar-refractivity contribution is -0.174. The molecule has 9 atom stereocenters. The molecule has 0 N–H and O–H groups in total. The number of hydrogen-bond donors (Lipinski definition) is 0. The number of carbonyl (C=O) groups is 1. The first-order valence-electron chi connectivity index (χ1n) is 14.5. The molecule has 0 aromatic heterocycles. The van der Waals surface area contributed by atoms with Crippen LogP contribution < -0.4 is 0 Å². The monoisotopic (exact) mass is 482 g/mol. The summed E-state index contributed by atoms with van der Waals surface area (Å²) in [5.41, 5.74) is 4.17. The van der Waals surface area contributed by atoms with Crippen LogP contribution in [0.2, 0.25) is 0 Å². The number of carbonyl (C=O) groups excluding carboxylic acids is 1. The number of esters is 1. The van der Waals surface area contributed by atoms with Gasteiger partial charge in [0.1, 0.15) is 6.10 Å². The van der Waals surface area contributed by atoms with Gasteiger partial charge in [0.15, 0.2) is 0 Å². The van der Waals surface area contributed by atoms with E-state index in [-0.39, 0.29) is 17.5 Å². The summed E-state index contributed by atoms with van der Waals surface area (Å²) in [5, 5.41) is 0. The summed E-state index contributed by atoms with van der Waals surface area (Å²) in [7, 11) is 0. The van der Waals surface area contributed by atoms with Crippen molar-refractivity contribution in [1.82, 2.24) is 0 Å². The second kappa shape index (κ2) is 8.47. The Bertz CT molecular complexity index is 925. The van der Waals surface area contributed by atoms with E-state index in [0.717, 1.165) is 25.4 Å². The second-order valence-electron chi connectivity index (χ2n) is 14.5. The summed E-state index contributed by atoms with van der Waals surface area (Å²) in [6, 6.07) is 0. The molecule has 3 saturated carbocycles. The van der Waals surface area contributed by atoms with E-state index in [1.165, 1.54) is 44.1 Å². The number of allylic oxidation sites excluding steroid dienone is 3. The van der Waals surface area contributed by atoms with E-state index in [1.807, 2.05) is 0 Å². The van der Waals surface area contributed by atoms with Crippen LogP contribution in [0.4, 0.5) is 0 Å². The zero-order valence-electron chi connectivity index (χ0n) is 23.7. The highest BCUT2D eigenvalue weighted by Gasteiger charge is 2.66. The van der Waals surface area contributed by atoms with Gasteiger partial charge in [0.05, 0.1) is 12.7 Å². The number of ether oxygens (including phenoxy) is 2. The molecule has 3 nitrogen and oxygen atoms in total. The van der Waals surface area contributed by atoms with Crippen LogP contribution in [0.25, 0.3) is 0 Å². The molecular formula is C32H50O3. The quantitative estimate of drug-likeness (QED) is 0.303. The standard InChI is InChI=1S/C32H50O3/c1-20(2)17-23-18-22(19-34-23)24-11-15-32(8)26-9-10-27-29(4,5)28(35-21(3)33)13-14-30(27,6)25(26)12-16-31(24,32)7/h9,17,22-25,27-28H,10-16,18-19H2,1-8H3/t22-,23+,24+,25+,27+,28+,30-,31+,32-/m1/s1. The number of rotatable bonds is 3. The highest BCUT2D eigenvalue weighted by Crippen LogP contribution is 2.73. The predicted molar refractivity (Wildman–Crippen MR) is 142 cm³/mol. The van der Waals surface area contributed by atoms with Crippen LogP contribution in [0.5, 0.6) is 0 Å². The van der Waals surface area contributed by atoms with Gasteiger partial charge < -0.3 is 9.47 Å². The maximum absolute atomic E-state index is 11.8. The van der Waals surface area contributed by atoms with E-state index in [1.54, 1.807) is 12.5 Å². The Labute approximate surface area is 214 Å². The molecule has 0 unspecified atom stereocenters. The molecule has 5 aliphatic rings. The summed E-state index contributed by atoms with van der Waals surface area (Å²) in [4.78, 5) is 11.8. The van der Waals surface area contributed by atoms with Gasteiger partial charge in [0.25, 0.3) is 0 Å². The number of fused-ring (bicyclic) bond motifs is 5. The lowest BCUT2D eigenvalue weighted by Crippen LogP contribution is -2.58. The van der Waals surface area contributed by atoms with E-state index in [2.05, 4.69) is 60.6 Å². The lowest BCUT2D eigenvalue weighted by Gasteiger charge is -2.64. The van der Waals surface area contributed by atoms with Gasteiger partial charge in [0, 0.05) is 12.3 Å². The first-order valence-corrected chi connectivity index (χ1v) is 14.5. The van der Waals surface area contributed by atoms with Gasteiger partial charge in [-0.1, -0.05) is 57.9 Å². The van der Waals surface area contributed by atoms with Gasteiger partial charge in [-0.2, -0.15) is 0 Å². The summed E-state index contributed by atoms with van der Waals surface area (Å²) >= 11 is 0. The summed E-state index contributed by atoms with van der Waals surface area (Å²) < 4.78 is 12.1. The highest BCUT2D eigenvalue weighted by molar-refractivity contribution is 5.66. The Hall–Kier alpha value is -1.09. The van der Waals surface area contributed by atoms with Gasteiger partial charge >= 0.3 is 5.97 Å². The van der Waals surface area contributed by atoms with Crippen molar-refractivity contribution < 1.29 is 14.3 Å². The van der Waals surface area contributed by atoms with Crippen LogP contribution in [0.3, 0.4) is 0 Å². The molecule has 0 aromatic carbocycles. The Morgan fingerprint density at radius 3 is 2.46 bits per heavy atom. The molecule has 0 aromatic rings. The minimum atomic E-state index is -0.126. The van der Waals surface area contributed by atoms with Crippen LogP contribution in [-0.4, -0.2) is 24.8 Å². The Kier molecular flexibility index (Phi) is 6.18. The first-order chi connectivity index (χ1) is 16.3. The fourth-order valence-electron chi connectivity index (χ4n) is 10.3. The molecule has 0 amide bonds. The van der Waals surface area contributed by atoms with Crippen molar-refractivity contribution in [1.29, 1.82) is 0 Å². The summed E-state index contributed by atoms with van der Waals surface area (Å²) in [6.45, 7) is 19.5. The van der Waals surface area contributed by atoms with Gasteiger partial charge in [-0.15, -0.1) is 0 Å². The molecule has 5 rings (SSSR count). The van der Waals surface area contributed by atoms with Crippen LogP contribution in [-0.2, 0) is 14.3 Å². The second-order valence-corrected chi connectivity index (χ2v) is 14.5. The smallest absolute Gasteiger partial charge is 0.302 e. The Morgan fingerprint density at radius 2 is 1.77 bits per heavy atom. The maximum Gasteiger partial charge on any atom is 0.302 e. The van der Waals surface area contributed by atoms with Crippen molar-refractivity contribution in [2.75, 3.05) is 6.61 Å². The average molecular weight is 483 g/mol. The highest BCUT2D eigenvalue weighted by atomic mass is 16.5. The molecule has 3 heteroatoms. The van der Waals surface area contributed by atoms with Gasteiger partial charge in [-0.05, 0) is 105 Å². The van der Waals surface area contributed by atoms with E-state index in [4.69, 9.17) is 9.47 Å². The molecular weight excluding hydrogens is 432 g/mol. The average Bonchev–Trinajstić information content (AvgIpc) is 3.31. The SMILES string of the molecule is CC(=O)O[C@H]1CC[C@]2(C)[C@H]3CC[C@@]4(C)[C@H]([C@H]5CO[C@@H](C=C(C)C)C5)CC[C@]4(C)C3=CC[C@H]2C1(C)C. The van der Waals surface area contributed by atoms with Crippen molar-refractivity contribution in [3.63, 3.8) is 0 Å². The van der Waals surface area contributed by atoms with Crippen LogP contribution in [0.15, 0.2) is 23.3 Å². The molecule has 0 spiro atoms. The van der Waals surface area contributed by atoms with Crippen LogP contribution >= 0.6 is 0 Å². The van der Waals surface area contributed by atoms with E-state index in [9.17, 15) is 4.79 Å². The van der Waals surface area contributed by atoms with E-state index >= 15 is 0 Å². The van der Waals surface area contributed by atoms with Gasteiger partial charge in [-0.25, -0.2) is 0 Å². The van der Waals surface area contributed by atoms with Gasteiger partial charge in [0.2, 0.25) is 0 Å². The van der Waals surface area contributed by atoms with Crippen molar-refractivity contribution in [2.45, 2.75) is 119 Å². The maximum atomic E-state index is 11.8. The molecule has 0 bridgehead atoms. The first kappa shape index (κ1) is 25.6. The number of hydrogen-bond acceptors (Lipinski definition) is 3. The summed E-state index contributed by atoms with van der Waals surface area (Å²) in [6.07, 6.45) is 15.3. The zero-order valence-corrected chi connectivity index (χ0v) is 23.7. The Balaban J connectivity index is 1.42. The van der Waals surface area contributed by atoms with Crippen LogP contribution in [0, 0.1) is 45.3 Å². The Morgan fingerprint density at radius 1 is 1.03 bits per heavy atom. The summed E-state index contributed by atoms with van der Waals surface area (Å²) in [5.74, 6) is 2.59. The molecule has 4 fully saturated rings. The van der Waals surface area contributed by atoms with Crippen LogP contribution in [0.1, 0.15) is 107 Å². The zero-order chi connectivity index (χ0) is 25.4. The molecule has 1 saturated heterocycles. The fourth-order valence-corrected chi connectivity index (χ4v) is 10.3. The third kappa shape index (κ3) is 3.72. The lowest BCUT2D eigenvalue weighted by atomic mass is 9.41. The predicted octanol–water partition coefficient (Wildman–Crippen LogP) is 7.89. The van der Waals surface area contributed by atoms with E-state index < -0.39 is 0 Å². The minimum Gasteiger partial charge on any atom is -0.462 e. The van der Waals surface area contributed by atoms with E-state index in [0.29, 0.717) is 40.1 Å². The largest absolute Gasteiger partial charge is 0.462 e. The third-order valence-electron chi connectivity index (χ3n) is 12.3. The van der Waals surface area contributed by atoms with Crippen molar-refractivity contribution >= 4 is 5.97 Å². The molecule has 1 aliphatic heterocycles. The molecule has 0 radical (unpaired) electrons. The topological polar surface area (TPSA) is 35.5 Å². The fraction of sp³-hybridized carbons (Fsp3) is 0.844. The van der Waals surface area contributed by atoms with Crippen molar-refractivity contribution in [2.24, 2.45) is 45.3 Å². The molecule has 4 aliphatic carbocycles. The minimum absolute atomic E-state index is 0.0156. The van der Waals surface area contributed by atoms with Crippen molar-refractivity contribution in [3.8, 4) is 0 Å². The normalized spacial score (nSPS) is 48.3. The molecule has 1 heterocycles.